The van der Waals surface area contributed by atoms with Gasteiger partial charge in [-0.1, -0.05) is 25.5 Å². The van der Waals surface area contributed by atoms with Crippen LogP contribution in [0.2, 0.25) is 0 Å². The summed E-state index contributed by atoms with van der Waals surface area (Å²) in [5.74, 6) is 0.699. The van der Waals surface area contributed by atoms with Gasteiger partial charge in [-0.2, -0.15) is 0 Å². The van der Waals surface area contributed by atoms with E-state index in [4.69, 9.17) is 5.11 Å². The number of aliphatic hydroxyl groups is 2. The lowest BCUT2D eigenvalue weighted by Gasteiger charge is -2.41. The molecule has 0 aliphatic heterocycles. The molecule has 0 radical (unpaired) electrons. The summed E-state index contributed by atoms with van der Waals surface area (Å²) >= 11 is 0. The summed E-state index contributed by atoms with van der Waals surface area (Å²) in [6.45, 7) is 6.62. The molecule has 2 aliphatic rings. The van der Waals surface area contributed by atoms with E-state index in [9.17, 15) is 5.11 Å². The third-order valence-electron chi connectivity index (χ3n) is 5.42. The summed E-state index contributed by atoms with van der Waals surface area (Å²) in [7, 11) is 0. The number of fused-ring (bicyclic) bond motifs is 2. The second-order valence-corrected chi connectivity index (χ2v) is 6.75. The fourth-order valence-corrected chi connectivity index (χ4v) is 4.14. The molecule has 0 aromatic carbocycles. The Labute approximate surface area is 105 Å². The number of hydrogen-bond acceptors (Lipinski definition) is 2. The van der Waals surface area contributed by atoms with Gasteiger partial charge in [0.15, 0.2) is 0 Å². The van der Waals surface area contributed by atoms with Crippen molar-refractivity contribution in [3.05, 3.63) is 11.6 Å². The van der Waals surface area contributed by atoms with Gasteiger partial charge in [-0.05, 0) is 55.8 Å². The Morgan fingerprint density at radius 1 is 1.41 bits per heavy atom. The van der Waals surface area contributed by atoms with Crippen LogP contribution in [-0.2, 0) is 0 Å². The molecular weight excluding hydrogens is 212 g/mol. The average Bonchev–Trinajstić information content (AvgIpc) is 2.77. The molecule has 0 heterocycles. The monoisotopic (exact) mass is 238 g/mol. The smallest absolute Gasteiger partial charge is 0.0650 e. The summed E-state index contributed by atoms with van der Waals surface area (Å²) in [6.07, 6.45) is 7.68. The molecule has 98 valence electrons. The zero-order valence-corrected chi connectivity index (χ0v) is 11.4. The van der Waals surface area contributed by atoms with Crippen molar-refractivity contribution in [3.8, 4) is 0 Å². The van der Waals surface area contributed by atoms with E-state index in [0.717, 1.165) is 18.4 Å². The normalized spacial score (nSPS) is 45.6. The maximum Gasteiger partial charge on any atom is 0.0650 e. The second-order valence-electron chi connectivity index (χ2n) is 6.75. The fourth-order valence-electron chi connectivity index (χ4n) is 4.14. The van der Waals surface area contributed by atoms with Gasteiger partial charge in [-0.15, -0.1) is 0 Å². The van der Waals surface area contributed by atoms with Crippen LogP contribution in [0.25, 0.3) is 0 Å². The number of hydrogen-bond donors (Lipinski definition) is 2. The lowest BCUT2D eigenvalue weighted by molar-refractivity contribution is -0.0481. The summed E-state index contributed by atoms with van der Waals surface area (Å²) in [5, 5.41) is 19.5. The molecule has 2 nitrogen and oxygen atoms in total. The van der Waals surface area contributed by atoms with Crippen molar-refractivity contribution in [2.45, 2.75) is 59.0 Å². The first-order chi connectivity index (χ1) is 7.92. The van der Waals surface area contributed by atoms with Crippen molar-refractivity contribution in [3.63, 3.8) is 0 Å². The number of rotatable bonds is 4. The molecule has 17 heavy (non-hydrogen) atoms. The van der Waals surface area contributed by atoms with Crippen LogP contribution < -0.4 is 0 Å². The van der Waals surface area contributed by atoms with E-state index in [0.29, 0.717) is 5.92 Å². The molecule has 2 fully saturated rings. The van der Waals surface area contributed by atoms with Crippen molar-refractivity contribution in [2.24, 2.45) is 16.7 Å². The third-order valence-corrected chi connectivity index (χ3v) is 5.42. The Hall–Kier alpha value is -0.340. The zero-order chi connectivity index (χ0) is 12.7. The van der Waals surface area contributed by atoms with E-state index < -0.39 is 0 Å². The molecule has 2 aliphatic carbocycles. The van der Waals surface area contributed by atoms with Crippen LogP contribution in [0.5, 0.6) is 0 Å². The molecular formula is C15H26O2. The second kappa shape index (κ2) is 4.40. The highest BCUT2D eigenvalue weighted by Crippen LogP contribution is 2.64. The highest BCUT2D eigenvalue weighted by Gasteiger charge is 2.60. The first-order valence-corrected chi connectivity index (χ1v) is 6.87. The molecule has 0 unspecified atom stereocenters. The van der Waals surface area contributed by atoms with Crippen LogP contribution >= 0.6 is 0 Å². The van der Waals surface area contributed by atoms with E-state index >= 15 is 0 Å². The summed E-state index contributed by atoms with van der Waals surface area (Å²) in [5.41, 5.74) is 1.31. The lowest BCUT2D eigenvalue weighted by atomic mass is 9.66. The Kier molecular flexibility index (Phi) is 3.39. The Bertz CT molecular complexity index is 323. The van der Waals surface area contributed by atoms with Gasteiger partial charge in [0.25, 0.3) is 0 Å². The first-order valence-electron chi connectivity index (χ1n) is 6.87. The molecule has 0 saturated heterocycles. The molecule has 0 aromatic rings. The van der Waals surface area contributed by atoms with Crippen LogP contribution in [0.1, 0.15) is 52.9 Å². The topological polar surface area (TPSA) is 40.5 Å². The van der Waals surface area contributed by atoms with E-state index in [-0.39, 0.29) is 23.5 Å². The highest BCUT2D eigenvalue weighted by atomic mass is 16.3. The molecule has 0 spiro atoms. The Morgan fingerprint density at radius 3 is 2.65 bits per heavy atom. The van der Waals surface area contributed by atoms with Crippen LogP contribution in [0.15, 0.2) is 11.6 Å². The quantitative estimate of drug-likeness (QED) is 0.739. The standard InChI is InChI=1S/C15H26O2/c1-11(10-16)5-4-7-15(3)12-6-8-14(2,9-12)13(15)17/h5,12-13,16-17H,4,6-10H2,1-3H3/b11-5-/t12-,13-,14+,15-/m0/s1. The minimum atomic E-state index is -0.142. The third kappa shape index (κ3) is 2.06. The molecule has 2 heteroatoms. The maximum absolute atomic E-state index is 10.5. The molecule has 2 bridgehead atoms. The summed E-state index contributed by atoms with van der Waals surface area (Å²) in [6, 6.07) is 0. The summed E-state index contributed by atoms with van der Waals surface area (Å²) < 4.78 is 0. The summed E-state index contributed by atoms with van der Waals surface area (Å²) in [4.78, 5) is 0. The average molecular weight is 238 g/mol. The minimum absolute atomic E-state index is 0.0965. The van der Waals surface area contributed by atoms with Crippen molar-refractivity contribution < 1.29 is 10.2 Å². The Balaban J connectivity index is 2.01. The number of aliphatic hydroxyl groups excluding tert-OH is 2. The zero-order valence-electron chi connectivity index (χ0n) is 11.4. The van der Waals surface area contributed by atoms with E-state index in [1.807, 2.05) is 6.92 Å². The first kappa shape index (κ1) is 13.1. The molecule has 4 atom stereocenters. The molecule has 0 amide bonds. The largest absolute Gasteiger partial charge is 0.392 e. The Morgan fingerprint density at radius 2 is 2.12 bits per heavy atom. The van der Waals surface area contributed by atoms with E-state index in [1.54, 1.807) is 0 Å². The van der Waals surface area contributed by atoms with Gasteiger partial charge in [-0.3, -0.25) is 0 Å². The number of allylic oxidation sites excluding steroid dienone is 1. The minimum Gasteiger partial charge on any atom is -0.392 e. The molecule has 0 aromatic heterocycles. The van der Waals surface area contributed by atoms with Crippen LogP contribution in [0.4, 0.5) is 0 Å². The van der Waals surface area contributed by atoms with Gasteiger partial charge in [0.2, 0.25) is 0 Å². The van der Waals surface area contributed by atoms with E-state index in [2.05, 4.69) is 19.9 Å². The predicted molar refractivity (Wildman–Crippen MR) is 69.6 cm³/mol. The van der Waals surface area contributed by atoms with Gasteiger partial charge in [0, 0.05) is 0 Å². The van der Waals surface area contributed by atoms with Crippen molar-refractivity contribution in [2.75, 3.05) is 6.61 Å². The van der Waals surface area contributed by atoms with Crippen molar-refractivity contribution >= 4 is 0 Å². The fraction of sp³-hybridized carbons (Fsp3) is 0.867. The van der Waals surface area contributed by atoms with Gasteiger partial charge in [0.1, 0.15) is 0 Å². The predicted octanol–water partition coefficient (Wildman–Crippen LogP) is 2.89. The van der Waals surface area contributed by atoms with Gasteiger partial charge in [-0.25, -0.2) is 0 Å². The van der Waals surface area contributed by atoms with Crippen LogP contribution in [-0.4, -0.2) is 22.9 Å². The van der Waals surface area contributed by atoms with Crippen molar-refractivity contribution in [1.82, 2.24) is 0 Å². The lowest BCUT2D eigenvalue weighted by Crippen LogP contribution is -2.42. The molecule has 2 rings (SSSR count). The highest BCUT2D eigenvalue weighted by molar-refractivity contribution is 5.11. The van der Waals surface area contributed by atoms with Crippen LogP contribution in [0.3, 0.4) is 0 Å². The molecule has 2 saturated carbocycles. The maximum atomic E-state index is 10.5. The van der Waals surface area contributed by atoms with Gasteiger partial charge >= 0.3 is 0 Å². The van der Waals surface area contributed by atoms with Gasteiger partial charge in [0.05, 0.1) is 12.7 Å². The van der Waals surface area contributed by atoms with Crippen LogP contribution in [0, 0.1) is 16.7 Å². The molecule has 2 N–H and O–H groups in total. The van der Waals surface area contributed by atoms with Crippen molar-refractivity contribution in [1.29, 1.82) is 0 Å². The SMILES string of the molecule is C/C(=C/CC[C@@]1(C)[C@H]2CC[C@](C)(C2)[C@@H]1O)CO. The van der Waals surface area contributed by atoms with Gasteiger partial charge < -0.3 is 10.2 Å². The van der Waals surface area contributed by atoms with E-state index in [1.165, 1.54) is 19.3 Å².